The number of hydrogen-bond acceptors (Lipinski definition) is 1. The van der Waals surface area contributed by atoms with Gasteiger partial charge in [0.15, 0.2) is 0 Å². The van der Waals surface area contributed by atoms with Gasteiger partial charge < -0.3 is 5.73 Å². The fraction of sp³-hybridized carbons (Fsp3) is 0.200. The van der Waals surface area contributed by atoms with Gasteiger partial charge in [0.25, 0.3) is 0 Å². The van der Waals surface area contributed by atoms with Crippen molar-refractivity contribution >= 4 is 11.6 Å². The van der Waals surface area contributed by atoms with Crippen LogP contribution in [0.1, 0.15) is 11.1 Å². The molecule has 2 rings (SSSR count). The molecule has 1 nitrogen and oxygen atoms in total. The first kappa shape index (κ1) is 13.1. The highest BCUT2D eigenvalue weighted by Crippen LogP contribution is 2.12. The van der Waals surface area contributed by atoms with Gasteiger partial charge in [-0.3, -0.25) is 0 Å². The average Bonchev–Trinajstić information content (AvgIpc) is 2.32. The van der Waals surface area contributed by atoms with Crippen LogP contribution in [0.2, 0.25) is 5.02 Å². The molecule has 0 aliphatic carbocycles. The fourth-order valence-corrected chi connectivity index (χ4v) is 2.09. The molecule has 0 spiro atoms. The van der Waals surface area contributed by atoms with Gasteiger partial charge in [-0.2, -0.15) is 0 Å². The monoisotopic (exact) mass is 263 g/mol. The standard InChI is InChI=1S/C15H15ClFN/c16-13-6-4-11(5-7-13)9-15(18)10-12-2-1-3-14(17)8-12/h1-8,15H,9-10,18H2. The van der Waals surface area contributed by atoms with Crippen molar-refractivity contribution in [2.45, 2.75) is 18.9 Å². The zero-order valence-electron chi connectivity index (χ0n) is 9.94. The lowest BCUT2D eigenvalue weighted by Crippen LogP contribution is -2.25. The van der Waals surface area contributed by atoms with E-state index in [4.69, 9.17) is 17.3 Å². The van der Waals surface area contributed by atoms with Gasteiger partial charge in [-0.15, -0.1) is 0 Å². The Bertz CT molecular complexity index is 510. The molecule has 0 aliphatic rings. The molecular formula is C15H15ClFN. The van der Waals surface area contributed by atoms with Crippen LogP contribution >= 0.6 is 11.6 Å². The largest absolute Gasteiger partial charge is 0.327 e. The predicted molar refractivity (Wildman–Crippen MR) is 73.2 cm³/mol. The minimum absolute atomic E-state index is 0.0204. The summed E-state index contributed by atoms with van der Waals surface area (Å²) >= 11 is 5.82. The summed E-state index contributed by atoms with van der Waals surface area (Å²) in [5.74, 6) is -0.216. The van der Waals surface area contributed by atoms with Crippen molar-refractivity contribution in [3.8, 4) is 0 Å². The molecule has 0 radical (unpaired) electrons. The highest BCUT2D eigenvalue weighted by molar-refractivity contribution is 6.30. The zero-order valence-corrected chi connectivity index (χ0v) is 10.7. The molecule has 0 fully saturated rings. The average molecular weight is 264 g/mol. The van der Waals surface area contributed by atoms with E-state index < -0.39 is 0 Å². The molecule has 0 amide bonds. The van der Waals surface area contributed by atoms with Gasteiger partial charge >= 0.3 is 0 Å². The smallest absolute Gasteiger partial charge is 0.123 e. The topological polar surface area (TPSA) is 26.0 Å². The van der Waals surface area contributed by atoms with E-state index in [1.54, 1.807) is 6.07 Å². The molecule has 18 heavy (non-hydrogen) atoms. The first-order chi connectivity index (χ1) is 8.63. The molecule has 2 aromatic carbocycles. The third-order valence-corrected chi connectivity index (χ3v) is 3.05. The maximum Gasteiger partial charge on any atom is 0.123 e. The van der Waals surface area contributed by atoms with Crippen molar-refractivity contribution in [2.75, 3.05) is 0 Å². The van der Waals surface area contributed by atoms with E-state index in [1.807, 2.05) is 30.3 Å². The summed E-state index contributed by atoms with van der Waals surface area (Å²) in [5.41, 5.74) is 8.14. The SMILES string of the molecule is NC(Cc1ccc(Cl)cc1)Cc1cccc(F)c1. The first-order valence-corrected chi connectivity index (χ1v) is 6.26. The van der Waals surface area contributed by atoms with E-state index in [2.05, 4.69) is 0 Å². The molecular weight excluding hydrogens is 249 g/mol. The third-order valence-electron chi connectivity index (χ3n) is 2.80. The second-order valence-corrected chi connectivity index (χ2v) is 4.86. The van der Waals surface area contributed by atoms with E-state index in [1.165, 1.54) is 12.1 Å². The molecule has 1 unspecified atom stereocenters. The Kier molecular flexibility index (Phi) is 4.34. The van der Waals surface area contributed by atoms with Crippen molar-refractivity contribution in [1.82, 2.24) is 0 Å². The van der Waals surface area contributed by atoms with Gasteiger partial charge in [0, 0.05) is 11.1 Å². The Hall–Kier alpha value is -1.38. The van der Waals surface area contributed by atoms with Crippen molar-refractivity contribution in [3.63, 3.8) is 0 Å². The highest BCUT2D eigenvalue weighted by Gasteiger charge is 2.06. The molecule has 0 saturated carbocycles. The van der Waals surface area contributed by atoms with Crippen LogP contribution in [0, 0.1) is 5.82 Å². The number of halogens is 2. The Labute approximate surface area is 111 Å². The first-order valence-electron chi connectivity index (χ1n) is 5.88. The van der Waals surface area contributed by atoms with Gasteiger partial charge in [-0.1, -0.05) is 35.9 Å². The lowest BCUT2D eigenvalue weighted by Gasteiger charge is -2.12. The van der Waals surface area contributed by atoms with Crippen molar-refractivity contribution in [3.05, 3.63) is 70.5 Å². The summed E-state index contributed by atoms with van der Waals surface area (Å²) in [5, 5.41) is 0.720. The lowest BCUT2D eigenvalue weighted by molar-refractivity contribution is 0.618. The van der Waals surface area contributed by atoms with E-state index >= 15 is 0 Å². The van der Waals surface area contributed by atoms with Crippen molar-refractivity contribution < 1.29 is 4.39 Å². The molecule has 1 atom stereocenters. The Morgan fingerprint density at radius 1 is 1.00 bits per heavy atom. The lowest BCUT2D eigenvalue weighted by atomic mass is 10.00. The van der Waals surface area contributed by atoms with Crippen LogP contribution < -0.4 is 5.73 Å². The van der Waals surface area contributed by atoms with Gasteiger partial charge in [0.05, 0.1) is 0 Å². The summed E-state index contributed by atoms with van der Waals surface area (Å²) in [4.78, 5) is 0. The Balaban J connectivity index is 1.96. The molecule has 3 heteroatoms. The zero-order chi connectivity index (χ0) is 13.0. The third kappa shape index (κ3) is 3.83. The molecule has 0 saturated heterocycles. The minimum Gasteiger partial charge on any atom is -0.327 e. The fourth-order valence-electron chi connectivity index (χ4n) is 1.96. The van der Waals surface area contributed by atoms with Crippen LogP contribution in [0.25, 0.3) is 0 Å². The summed E-state index contributed by atoms with van der Waals surface area (Å²) in [7, 11) is 0. The van der Waals surface area contributed by atoms with Crippen LogP contribution in [-0.2, 0) is 12.8 Å². The van der Waals surface area contributed by atoms with Crippen molar-refractivity contribution in [1.29, 1.82) is 0 Å². The van der Waals surface area contributed by atoms with E-state index in [9.17, 15) is 4.39 Å². The number of nitrogens with two attached hydrogens (primary N) is 1. The Morgan fingerprint density at radius 3 is 2.33 bits per heavy atom. The predicted octanol–water partition coefficient (Wildman–Crippen LogP) is 3.59. The molecule has 2 N–H and O–H groups in total. The van der Waals surface area contributed by atoms with Crippen LogP contribution in [0.5, 0.6) is 0 Å². The van der Waals surface area contributed by atoms with E-state index in [0.29, 0.717) is 6.42 Å². The van der Waals surface area contributed by atoms with E-state index in [0.717, 1.165) is 22.6 Å². The van der Waals surface area contributed by atoms with Crippen LogP contribution in [0.4, 0.5) is 4.39 Å². The summed E-state index contributed by atoms with van der Waals surface area (Å²) < 4.78 is 13.0. The molecule has 0 aromatic heterocycles. The maximum atomic E-state index is 13.0. The number of rotatable bonds is 4. The molecule has 0 heterocycles. The van der Waals surface area contributed by atoms with Gasteiger partial charge in [0.1, 0.15) is 5.82 Å². The van der Waals surface area contributed by atoms with Crippen molar-refractivity contribution in [2.24, 2.45) is 5.73 Å². The van der Waals surface area contributed by atoms with Crippen LogP contribution in [-0.4, -0.2) is 6.04 Å². The van der Waals surface area contributed by atoms with Gasteiger partial charge in [-0.05, 0) is 48.2 Å². The molecule has 2 aromatic rings. The van der Waals surface area contributed by atoms with Gasteiger partial charge in [-0.25, -0.2) is 4.39 Å². The quantitative estimate of drug-likeness (QED) is 0.896. The maximum absolute atomic E-state index is 13.0. The second-order valence-electron chi connectivity index (χ2n) is 4.42. The summed E-state index contributed by atoms with van der Waals surface area (Å²) in [6, 6.07) is 14.2. The molecule has 94 valence electrons. The van der Waals surface area contributed by atoms with Crippen LogP contribution in [0.15, 0.2) is 48.5 Å². The summed E-state index contributed by atoms with van der Waals surface area (Å²) in [6.07, 6.45) is 1.42. The minimum atomic E-state index is -0.216. The second kappa shape index (κ2) is 5.98. The Morgan fingerprint density at radius 2 is 1.67 bits per heavy atom. The van der Waals surface area contributed by atoms with Crippen LogP contribution in [0.3, 0.4) is 0 Å². The van der Waals surface area contributed by atoms with E-state index in [-0.39, 0.29) is 11.9 Å². The highest BCUT2D eigenvalue weighted by atomic mass is 35.5. The molecule has 0 bridgehead atoms. The number of hydrogen-bond donors (Lipinski definition) is 1. The normalized spacial score (nSPS) is 12.4. The number of benzene rings is 2. The summed E-state index contributed by atoms with van der Waals surface area (Å²) in [6.45, 7) is 0. The van der Waals surface area contributed by atoms with Gasteiger partial charge in [0.2, 0.25) is 0 Å². The molecule has 0 aliphatic heterocycles.